The number of imidazole rings is 1. The Bertz CT molecular complexity index is 853. The zero-order valence-electron chi connectivity index (χ0n) is 12.8. The molecule has 0 aliphatic carbocycles. The summed E-state index contributed by atoms with van der Waals surface area (Å²) in [6.07, 6.45) is 3.52. The number of fused-ring (bicyclic) bond motifs is 1. The fourth-order valence-electron chi connectivity index (χ4n) is 3.14. The second kappa shape index (κ2) is 5.49. The summed E-state index contributed by atoms with van der Waals surface area (Å²) in [5.41, 5.74) is 1.86. The number of nitrogens with zero attached hydrogens (tertiary/aromatic N) is 5. The van der Waals surface area contributed by atoms with Gasteiger partial charge in [0.2, 0.25) is 11.8 Å². The molecule has 0 bridgehead atoms. The predicted molar refractivity (Wildman–Crippen MR) is 82.5 cm³/mol. The summed E-state index contributed by atoms with van der Waals surface area (Å²) in [4.78, 5) is 23.2. The fourth-order valence-corrected chi connectivity index (χ4v) is 3.14. The zero-order chi connectivity index (χ0) is 15.8. The highest BCUT2D eigenvalue weighted by Crippen LogP contribution is 2.31. The number of carbonyl (C=O) groups is 1. The second-order valence-corrected chi connectivity index (χ2v) is 5.79. The third-order valence-corrected chi connectivity index (χ3v) is 4.23. The van der Waals surface area contributed by atoms with Crippen molar-refractivity contribution in [1.29, 1.82) is 0 Å². The van der Waals surface area contributed by atoms with E-state index in [-0.39, 0.29) is 18.5 Å². The van der Waals surface area contributed by atoms with Crippen LogP contribution in [-0.2, 0) is 11.3 Å². The number of aryl methyl sites for hydroxylation is 1. The minimum absolute atomic E-state index is 0.0477. The molecule has 1 amide bonds. The first-order valence-corrected chi connectivity index (χ1v) is 7.72. The lowest BCUT2D eigenvalue weighted by Gasteiger charge is -2.22. The summed E-state index contributed by atoms with van der Waals surface area (Å²) in [7, 11) is 0. The molecule has 0 saturated carbocycles. The lowest BCUT2D eigenvalue weighted by molar-refractivity contribution is -0.133. The first-order valence-electron chi connectivity index (χ1n) is 7.72. The number of carbonyl (C=O) groups excluding carboxylic acids is 1. The summed E-state index contributed by atoms with van der Waals surface area (Å²) in [5.74, 6) is 1.18. The van der Waals surface area contributed by atoms with Crippen LogP contribution in [0.1, 0.15) is 30.6 Å². The molecule has 1 aliphatic heterocycles. The van der Waals surface area contributed by atoms with Gasteiger partial charge in [-0.15, -0.1) is 0 Å². The molecule has 2 aromatic heterocycles. The molecule has 23 heavy (non-hydrogen) atoms. The van der Waals surface area contributed by atoms with Crippen LogP contribution in [-0.4, -0.2) is 37.0 Å². The van der Waals surface area contributed by atoms with Crippen molar-refractivity contribution in [3.05, 3.63) is 42.3 Å². The maximum absolute atomic E-state index is 12.7. The third-order valence-electron chi connectivity index (χ3n) is 4.23. The number of para-hydroxylation sites is 2. The minimum Gasteiger partial charge on any atom is -0.337 e. The van der Waals surface area contributed by atoms with Crippen molar-refractivity contribution in [1.82, 2.24) is 24.6 Å². The van der Waals surface area contributed by atoms with E-state index in [1.807, 2.05) is 33.7 Å². The Kier molecular flexibility index (Phi) is 3.33. The summed E-state index contributed by atoms with van der Waals surface area (Å²) in [5, 5.41) is 3.83. The van der Waals surface area contributed by atoms with Gasteiger partial charge in [0.1, 0.15) is 12.6 Å². The third kappa shape index (κ3) is 2.48. The van der Waals surface area contributed by atoms with Crippen molar-refractivity contribution in [3.8, 4) is 0 Å². The quantitative estimate of drug-likeness (QED) is 0.740. The van der Waals surface area contributed by atoms with Crippen molar-refractivity contribution in [2.24, 2.45) is 0 Å². The fraction of sp³-hybridized carbons (Fsp3) is 0.375. The number of likely N-dealkylation sites (tertiary alicyclic amines) is 1. The summed E-state index contributed by atoms with van der Waals surface area (Å²) in [6, 6.07) is 7.69. The molecule has 0 spiro atoms. The van der Waals surface area contributed by atoms with Gasteiger partial charge < -0.3 is 14.0 Å². The van der Waals surface area contributed by atoms with E-state index in [0.717, 1.165) is 30.4 Å². The Morgan fingerprint density at radius 3 is 3.09 bits per heavy atom. The maximum Gasteiger partial charge on any atom is 0.249 e. The van der Waals surface area contributed by atoms with Gasteiger partial charge in [-0.05, 0) is 31.9 Å². The van der Waals surface area contributed by atoms with Crippen LogP contribution < -0.4 is 0 Å². The number of rotatable bonds is 3. The van der Waals surface area contributed by atoms with E-state index in [4.69, 9.17) is 4.52 Å². The lowest BCUT2D eigenvalue weighted by atomic mass is 10.2. The second-order valence-electron chi connectivity index (χ2n) is 5.79. The van der Waals surface area contributed by atoms with Gasteiger partial charge in [-0.3, -0.25) is 4.79 Å². The highest BCUT2D eigenvalue weighted by atomic mass is 16.5. The molecule has 4 rings (SSSR count). The normalized spacial score (nSPS) is 18.0. The molecule has 1 aliphatic rings. The van der Waals surface area contributed by atoms with Gasteiger partial charge in [0.25, 0.3) is 0 Å². The van der Waals surface area contributed by atoms with E-state index in [2.05, 4.69) is 15.1 Å². The van der Waals surface area contributed by atoms with Crippen LogP contribution >= 0.6 is 0 Å². The molecule has 0 N–H and O–H groups in total. The van der Waals surface area contributed by atoms with E-state index in [1.54, 1.807) is 13.3 Å². The van der Waals surface area contributed by atoms with Gasteiger partial charge in [0, 0.05) is 6.54 Å². The lowest BCUT2D eigenvalue weighted by Crippen LogP contribution is -2.33. The number of hydrogen-bond donors (Lipinski definition) is 0. The Balaban J connectivity index is 1.56. The molecule has 1 fully saturated rings. The number of hydrogen-bond acceptors (Lipinski definition) is 5. The molecule has 1 unspecified atom stereocenters. The molecule has 0 radical (unpaired) electrons. The molecule has 118 valence electrons. The maximum atomic E-state index is 12.7. The molecular weight excluding hydrogens is 294 g/mol. The van der Waals surface area contributed by atoms with Crippen LogP contribution in [0.15, 0.2) is 35.1 Å². The zero-order valence-corrected chi connectivity index (χ0v) is 12.8. The van der Waals surface area contributed by atoms with Gasteiger partial charge >= 0.3 is 0 Å². The average Bonchev–Trinajstić information content (AvgIpc) is 3.26. The van der Waals surface area contributed by atoms with Crippen LogP contribution in [0.5, 0.6) is 0 Å². The molecule has 3 aromatic rings. The number of benzene rings is 1. The van der Waals surface area contributed by atoms with Crippen molar-refractivity contribution >= 4 is 16.9 Å². The van der Waals surface area contributed by atoms with Crippen LogP contribution in [0.3, 0.4) is 0 Å². The molecule has 3 heterocycles. The molecule has 1 aromatic carbocycles. The highest BCUT2D eigenvalue weighted by Gasteiger charge is 2.33. The average molecular weight is 311 g/mol. The van der Waals surface area contributed by atoms with Crippen molar-refractivity contribution in [2.75, 3.05) is 6.54 Å². The predicted octanol–water partition coefficient (Wildman–Crippen LogP) is 2.09. The van der Waals surface area contributed by atoms with E-state index < -0.39 is 0 Å². The Labute approximate surface area is 132 Å². The summed E-state index contributed by atoms with van der Waals surface area (Å²) < 4.78 is 7.14. The summed E-state index contributed by atoms with van der Waals surface area (Å²) in [6.45, 7) is 2.77. The topological polar surface area (TPSA) is 77.0 Å². The minimum atomic E-state index is -0.113. The van der Waals surface area contributed by atoms with Gasteiger partial charge in [-0.25, -0.2) is 4.98 Å². The van der Waals surface area contributed by atoms with Gasteiger partial charge in [0.05, 0.1) is 17.4 Å². The first-order chi connectivity index (χ1) is 11.2. The molecular formula is C16H17N5O2. The molecule has 1 saturated heterocycles. The molecule has 7 heteroatoms. The van der Waals surface area contributed by atoms with Gasteiger partial charge in [-0.2, -0.15) is 4.98 Å². The van der Waals surface area contributed by atoms with Gasteiger partial charge in [-0.1, -0.05) is 17.3 Å². The van der Waals surface area contributed by atoms with E-state index in [1.165, 1.54) is 0 Å². The first kappa shape index (κ1) is 13.9. The van der Waals surface area contributed by atoms with E-state index >= 15 is 0 Å². The van der Waals surface area contributed by atoms with Gasteiger partial charge in [0.15, 0.2) is 5.82 Å². The molecule has 7 nitrogen and oxygen atoms in total. The monoisotopic (exact) mass is 311 g/mol. The Morgan fingerprint density at radius 2 is 2.26 bits per heavy atom. The summed E-state index contributed by atoms with van der Waals surface area (Å²) >= 11 is 0. The largest absolute Gasteiger partial charge is 0.337 e. The smallest absolute Gasteiger partial charge is 0.249 e. The van der Waals surface area contributed by atoms with Crippen molar-refractivity contribution < 1.29 is 9.32 Å². The van der Waals surface area contributed by atoms with Crippen LogP contribution in [0.4, 0.5) is 0 Å². The standard InChI is InChI=1S/C16H17N5O2/c1-11-18-16(23-19-11)14-7-4-8-21(14)15(22)9-20-10-17-12-5-2-3-6-13(12)20/h2-3,5-6,10,14H,4,7-9H2,1H3. The highest BCUT2D eigenvalue weighted by molar-refractivity contribution is 5.81. The Morgan fingerprint density at radius 1 is 1.39 bits per heavy atom. The van der Waals surface area contributed by atoms with E-state index in [9.17, 15) is 4.79 Å². The SMILES string of the molecule is Cc1noc(C2CCCN2C(=O)Cn2cnc3ccccc32)n1. The van der Waals surface area contributed by atoms with Crippen LogP contribution in [0.2, 0.25) is 0 Å². The van der Waals surface area contributed by atoms with E-state index in [0.29, 0.717) is 11.7 Å². The van der Waals surface area contributed by atoms with Crippen LogP contribution in [0, 0.1) is 6.92 Å². The number of aromatic nitrogens is 4. The van der Waals surface area contributed by atoms with Crippen molar-refractivity contribution in [2.45, 2.75) is 32.4 Å². The van der Waals surface area contributed by atoms with Crippen molar-refractivity contribution in [3.63, 3.8) is 0 Å². The Hall–Kier alpha value is -2.70. The number of amides is 1. The molecule has 1 atom stereocenters. The van der Waals surface area contributed by atoms with Crippen LogP contribution in [0.25, 0.3) is 11.0 Å².